The van der Waals surface area contributed by atoms with Crippen LogP contribution in [0.5, 0.6) is 0 Å². The summed E-state index contributed by atoms with van der Waals surface area (Å²) in [6.45, 7) is 4.35. The van der Waals surface area contributed by atoms with Crippen LogP contribution in [-0.2, 0) is 4.74 Å². The first-order valence-electron chi connectivity index (χ1n) is 6.23. The molecule has 0 amide bonds. The van der Waals surface area contributed by atoms with Crippen molar-refractivity contribution in [3.63, 3.8) is 0 Å². The number of hydrogen-bond donors (Lipinski definition) is 1. The van der Waals surface area contributed by atoms with Crippen LogP contribution < -0.4 is 0 Å². The van der Waals surface area contributed by atoms with Crippen LogP contribution in [0.1, 0.15) is 38.5 Å². The summed E-state index contributed by atoms with van der Waals surface area (Å²) < 4.78 is 5.82. The van der Waals surface area contributed by atoms with Crippen LogP contribution in [0.4, 0.5) is 0 Å². The van der Waals surface area contributed by atoms with Gasteiger partial charge in [-0.25, -0.2) is 0 Å². The summed E-state index contributed by atoms with van der Waals surface area (Å²) in [6.07, 6.45) is 9.09. The van der Waals surface area contributed by atoms with Crippen LogP contribution in [0.2, 0.25) is 0 Å². The van der Waals surface area contributed by atoms with E-state index in [1.54, 1.807) is 0 Å². The van der Waals surface area contributed by atoms with Crippen molar-refractivity contribution in [2.75, 3.05) is 6.61 Å². The lowest BCUT2D eigenvalue weighted by Crippen LogP contribution is -2.43. The normalized spacial score (nSPS) is 40.9. The van der Waals surface area contributed by atoms with Gasteiger partial charge in [0.25, 0.3) is 0 Å². The topological polar surface area (TPSA) is 29.5 Å². The number of ether oxygens (including phenoxy) is 1. The Hall–Kier alpha value is -0.340. The minimum atomic E-state index is -0.0705. The highest BCUT2D eigenvalue weighted by Crippen LogP contribution is 2.41. The zero-order valence-corrected chi connectivity index (χ0v) is 9.40. The van der Waals surface area contributed by atoms with Gasteiger partial charge < -0.3 is 9.84 Å². The minimum Gasteiger partial charge on any atom is -0.393 e. The van der Waals surface area contributed by atoms with Crippen molar-refractivity contribution in [2.24, 2.45) is 11.8 Å². The second kappa shape index (κ2) is 5.13. The third kappa shape index (κ3) is 2.43. The predicted octanol–water partition coefficient (Wildman–Crippen LogP) is 2.52. The van der Waals surface area contributed by atoms with E-state index in [-0.39, 0.29) is 6.10 Å². The fourth-order valence-electron chi connectivity index (χ4n) is 3.29. The minimum absolute atomic E-state index is 0.0705. The fourth-order valence-corrected chi connectivity index (χ4v) is 3.29. The number of hydrogen-bond acceptors (Lipinski definition) is 2. The molecule has 86 valence electrons. The van der Waals surface area contributed by atoms with E-state index in [1.165, 1.54) is 25.7 Å². The third-order valence-corrected chi connectivity index (χ3v) is 4.02. The van der Waals surface area contributed by atoms with E-state index in [1.807, 2.05) is 6.08 Å². The lowest BCUT2D eigenvalue weighted by molar-refractivity contribution is -0.0857. The Kier molecular flexibility index (Phi) is 3.81. The Labute approximate surface area is 92.3 Å². The average molecular weight is 210 g/mol. The summed E-state index contributed by atoms with van der Waals surface area (Å²) in [5.41, 5.74) is 0. The number of aliphatic hydroxyl groups is 1. The summed E-state index contributed by atoms with van der Waals surface area (Å²) in [5.74, 6) is 1.10. The van der Waals surface area contributed by atoms with Crippen molar-refractivity contribution in [2.45, 2.75) is 50.7 Å². The zero-order valence-electron chi connectivity index (χ0n) is 9.40. The Balaban J connectivity index is 1.97. The van der Waals surface area contributed by atoms with Gasteiger partial charge in [-0.1, -0.05) is 18.9 Å². The molecule has 0 spiro atoms. The molecule has 2 aliphatic rings. The Morgan fingerprint density at radius 2 is 1.87 bits per heavy atom. The maximum atomic E-state index is 9.97. The van der Waals surface area contributed by atoms with Crippen LogP contribution in [-0.4, -0.2) is 23.9 Å². The summed E-state index contributed by atoms with van der Waals surface area (Å²) in [5, 5.41) is 9.97. The van der Waals surface area contributed by atoms with Crippen molar-refractivity contribution in [3.05, 3.63) is 12.7 Å². The smallest absolute Gasteiger partial charge is 0.0648 e. The largest absolute Gasteiger partial charge is 0.393 e. The van der Waals surface area contributed by atoms with E-state index < -0.39 is 0 Å². The molecule has 0 aromatic heterocycles. The molecule has 2 nitrogen and oxygen atoms in total. The van der Waals surface area contributed by atoms with Crippen molar-refractivity contribution >= 4 is 0 Å². The molecule has 0 aromatic rings. The van der Waals surface area contributed by atoms with Gasteiger partial charge in [0.05, 0.1) is 18.8 Å². The van der Waals surface area contributed by atoms with Gasteiger partial charge in [-0.05, 0) is 37.5 Å². The lowest BCUT2D eigenvalue weighted by Gasteiger charge is -2.43. The summed E-state index contributed by atoms with van der Waals surface area (Å²) >= 11 is 0. The first-order valence-corrected chi connectivity index (χ1v) is 6.23. The fraction of sp³-hybridized carbons (Fsp3) is 0.846. The monoisotopic (exact) mass is 210 g/mol. The van der Waals surface area contributed by atoms with E-state index in [0.29, 0.717) is 24.5 Å². The number of rotatable bonds is 3. The molecule has 2 aliphatic carbocycles. The van der Waals surface area contributed by atoms with Crippen molar-refractivity contribution < 1.29 is 9.84 Å². The maximum Gasteiger partial charge on any atom is 0.0648 e. The van der Waals surface area contributed by atoms with Crippen LogP contribution in [0, 0.1) is 11.8 Å². The average Bonchev–Trinajstić information content (AvgIpc) is 2.29. The number of fused-ring (bicyclic) bond motifs is 1. The highest BCUT2D eigenvalue weighted by atomic mass is 16.5. The van der Waals surface area contributed by atoms with E-state index in [2.05, 4.69) is 6.58 Å². The predicted molar refractivity (Wildman–Crippen MR) is 60.6 cm³/mol. The van der Waals surface area contributed by atoms with Crippen LogP contribution >= 0.6 is 0 Å². The number of aliphatic hydroxyl groups excluding tert-OH is 1. The molecule has 2 saturated carbocycles. The Morgan fingerprint density at radius 1 is 1.13 bits per heavy atom. The first kappa shape index (κ1) is 11.2. The van der Waals surface area contributed by atoms with Gasteiger partial charge in [-0.2, -0.15) is 0 Å². The molecule has 2 rings (SSSR count). The van der Waals surface area contributed by atoms with Crippen LogP contribution in [0.25, 0.3) is 0 Å². The van der Waals surface area contributed by atoms with Crippen LogP contribution in [0.3, 0.4) is 0 Å². The molecule has 0 aromatic carbocycles. The maximum absolute atomic E-state index is 9.97. The summed E-state index contributed by atoms with van der Waals surface area (Å²) in [7, 11) is 0. The molecule has 15 heavy (non-hydrogen) atoms. The summed E-state index contributed by atoms with van der Waals surface area (Å²) in [6, 6.07) is 0. The highest BCUT2D eigenvalue weighted by molar-refractivity contribution is 4.90. The standard InChI is InChI=1S/C13H22O2/c1-2-9-15-13-8-7-12(14)10-5-3-4-6-11(10)13/h2,10-14H,1,3-9H2/t10-,11+,12+,13-/m1/s1. The first-order chi connectivity index (χ1) is 7.33. The molecular formula is C13H22O2. The van der Waals surface area contributed by atoms with Crippen molar-refractivity contribution in [1.82, 2.24) is 0 Å². The van der Waals surface area contributed by atoms with Crippen LogP contribution in [0.15, 0.2) is 12.7 Å². The SMILES string of the molecule is C=CCO[C@@H]1CC[C@H](O)[C@@H]2CCCC[C@@H]21. The molecule has 2 heteroatoms. The summed E-state index contributed by atoms with van der Waals surface area (Å²) in [4.78, 5) is 0. The van der Waals surface area contributed by atoms with Gasteiger partial charge in [0.15, 0.2) is 0 Å². The van der Waals surface area contributed by atoms with Gasteiger partial charge in [0, 0.05) is 0 Å². The van der Waals surface area contributed by atoms with Gasteiger partial charge in [-0.3, -0.25) is 0 Å². The zero-order chi connectivity index (χ0) is 10.7. The van der Waals surface area contributed by atoms with Crippen molar-refractivity contribution in [1.29, 1.82) is 0 Å². The molecule has 2 fully saturated rings. The van der Waals surface area contributed by atoms with Gasteiger partial charge in [0.2, 0.25) is 0 Å². The molecule has 1 N–H and O–H groups in total. The molecule has 0 heterocycles. The van der Waals surface area contributed by atoms with E-state index >= 15 is 0 Å². The molecule has 0 saturated heterocycles. The third-order valence-electron chi connectivity index (χ3n) is 4.02. The van der Waals surface area contributed by atoms with E-state index in [9.17, 15) is 5.11 Å². The molecule has 0 bridgehead atoms. The van der Waals surface area contributed by atoms with E-state index in [4.69, 9.17) is 4.74 Å². The lowest BCUT2D eigenvalue weighted by atomic mass is 9.68. The van der Waals surface area contributed by atoms with Gasteiger partial charge >= 0.3 is 0 Å². The highest BCUT2D eigenvalue weighted by Gasteiger charge is 2.40. The quantitative estimate of drug-likeness (QED) is 0.725. The van der Waals surface area contributed by atoms with E-state index in [0.717, 1.165) is 12.8 Å². The molecule has 0 aliphatic heterocycles. The molecule has 0 radical (unpaired) electrons. The molecular weight excluding hydrogens is 188 g/mol. The Morgan fingerprint density at radius 3 is 2.60 bits per heavy atom. The molecule has 4 atom stereocenters. The van der Waals surface area contributed by atoms with Gasteiger partial charge in [-0.15, -0.1) is 6.58 Å². The molecule has 0 unspecified atom stereocenters. The van der Waals surface area contributed by atoms with Crippen molar-refractivity contribution in [3.8, 4) is 0 Å². The Bertz CT molecular complexity index is 215. The second-order valence-electron chi connectivity index (χ2n) is 4.92. The second-order valence-corrected chi connectivity index (χ2v) is 4.92. The van der Waals surface area contributed by atoms with Gasteiger partial charge in [0.1, 0.15) is 0 Å².